The number of aromatic nitrogens is 1. The molecule has 0 fully saturated rings. The van der Waals surface area contributed by atoms with E-state index < -0.39 is 30.2 Å². The van der Waals surface area contributed by atoms with Crippen LogP contribution in [0.5, 0.6) is 0 Å². The Labute approximate surface area is 102 Å². The van der Waals surface area contributed by atoms with Gasteiger partial charge in [0.2, 0.25) is 11.7 Å². The third kappa shape index (κ3) is 3.30. The van der Waals surface area contributed by atoms with Gasteiger partial charge in [-0.1, -0.05) is 0 Å². The van der Waals surface area contributed by atoms with Crippen LogP contribution in [-0.4, -0.2) is 33.9 Å². The fourth-order valence-corrected chi connectivity index (χ4v) is 1.37. The summed E-state index contributed by atoms with van der Waals surface area (Å²) in [5.41, 5.74) is 5.23. The van der Waals surface area contributed by atoms with Gasteiger partial charge in [0.1, 0.15) is 6.04 Å². The quantitative estimate of drug-likeness (QED) is 0.639. The Bertz CT molecular complexity index is 494. The minimum absolute atomic E-state index is 0.0804. The van der Waals surface area contributed by atoms with Crippen molar-refractivity contribution in [3.63, 3.8) is 0 Å². The molecule has 98 valence electrons. The molecule has 0 bridgehead atoms. The largest absolute Gasteiger partial charge is 0.480 e. The lowest BCUT2D eigenvalue weighted by Gasteiger charge is -2.11. The standard InChI is InChI=1S/C10H13N3O5/c1-4-8(18-5(2)12-4)9(15)13-6(10(16)17)3-7(11)14/h6H,3H2,1-2H3,(H2,11,14)(H,13,15)(H,16,17)/t6-/m1/s1. The Morgan fingerprint density at radius 2 is 2.06 bits per heavy atom. The number of carboxylic acid groups (broad SMARTS) is 1. The lowest BCUT2D eigenvalue weighted by Crippen LogP contribution is -2.43. The molecule has 0 spiro atoms. The second kappa shape index (κ2) is 5.30. The number of oxazole rings is 1. The first kappa shape index (κ1) is 13.7. The average molecular weight is 255 g/mol. The Morgan fingerprint density at radius 1 is 1.44 bits per heavy atom. The molecule has 0 radical (unpaired) electrons. The molecule has 4 N–H and O–H groups in total. The highest BCUT2D eigenvalue weighted by atomic mass is 16.4. The SMILES string of the molecule is Cc1nc(C)c(C(=O)N[C@H](CC(N)=O)C(=O)O)o1. The zero-order valence-electron chi connectivity index (χ0n) is 9.89. The molecule has 0 aliphatic rings. The maximum absolute atomic E-state index is 11.7. The van der Waals surface area contributed by atoms with E-state index in [0.29, 0.717) is 11.6 Å². The summed E-state index contributed by atoms with van der Waals surface area (Å²) in [6, 6.07) is -1.39. The number of nitrogens with one attached hydrogen (secondary N) is 1. The predicted molar refractivity (Wildman–Crippen MR) is 58.7 cm³/mol. The van der Waals surface area contributed by atoms with Crippen molar-refractivity contribution in [2.45, 2.75) is 26.3 Å². The van der Waals surface area contributed by atoms with Gasteiger partial charge in [-0.15, -0.1) is 0 Å². The zero-order valence-corrected chi connectivity index (χ0v) is 9.89. The number of nitrogens with two attached hydrogens (primary N) is 1. The number of aliphatic carboxylic acids is 1. The number of carbonyl (C=O) groups is 3. The van der Waals surface area contributed by atoms with Crippen molar-refractivity contribution in [3.8, 4) is 0 Å². The highest BCUT2D eigenvalue weighted by molar-refractivity contribution is 5.96. The van der Waals surface area contributed by atoms with Gasteiger partial charge in [-0.05, 0) is 6.92 Å². The second-order valence-corrected chi connectivity index (χ2v) is 3.68. The summed E-state index contributed by atoms with van der Waals surface area (Å²) < 4.78 is 5.03. The van der Waals surface area contributed by atoms with E-state index in [1.807, 2.05) is 0 Å². The minimum atomic E-state index is -1.39. The van der Waals surface area contributed by atoms with Gasteiger partial charge in [-0.25, -0.2) is 9.78 Å². The molecule has 2 amide bonds. The molecule has 18 heavy (non-hydrogen) atoms. The first-order valence-electron chi connectivity index (χ1n) is 5.07. The normalized spacial score (nSPS) is 11.9. The van der Waals surface area contributed by atoms with Crippen molar-refractivity contribution in [2.24, 2.45) is 5.73 Å². The van der Waals surface area contributed by atoms with Gasteiger partial charge in [0.15, 0.2) is 5.89 Å². The predicted octanol–water partition coefficient (Wildman–Crippen LogP) is -0.650. The number of rotatable bonds is 5. The van der Waals surface area contributed by atoms with Gasteiger partial charge in [0.25, 0.3) is 5.91 Å². The number of nitrogens with zero attached hydrogens (tertiary/aromatic N) is 1. The molecular formula is C10H13N3O5. The zero-order chi connectivity index (χ0) is 13.9. The molecular weight excluding hydrogens is 242 g/mol. The molecule has 8 heteroatoms. The first-order valence-corrected chi connectivity index (χ1v) is 5.07. The maximum atomic E-state index is 11.7. The fourth-order valence-electron chi connectivity index (χ4n) is 1.37. The van der Waals surface area contributed by atoms with Crippen LogP contribution < -0.4 is 11.1 Å². The third-order valence-corrected chi connectivity index (χ3v) is 2.12. The van der Waals surface area contributed by atoms with Crippen LogP contribution >= 0.6 is 0 Å². The van der Waals surface area contributed by atoms with Gasteiger partial charge in [0, 0.05) is 6.92 Å². The Kier molecular flexibility index (Phi) is 4.03. The maximum Gasteiger partial charge on any atom is 0.326 e. The molecule has 0 unspecified atom stereocenters. The summed E-state index contributed by atoms with van der Waals surface area (Å²) in [4.78, 5) is 37.1. The van der Waals surface area contributed by atoms with E-state index in [4.69, 9.17) is 15.3 Å². The molecule has 1 rings (SSSR count). The molecule has 0 aliphatic heterocycles. The summed E-state index contributed by atoms with van der Waals surface area (Å²) in [6.07, 6.45) is -0.493. The van der Waals surface area contributed by atoms with Crippen LogP contribution in [0.25, 0.3) is 0 Å². The molecule has 1 atom stereocenters. The number of aryl methyl sites for hydroxylation is 2. The molecule has 1 aromatic heterocycles. The second-order valence-electron chi connectivity index (χ2n) is 3.68. The molecule has 1 heterocycles. The highest BCUT2D eigenvalue weighted by Gasteiger charge is 2.25. The van der Waals surface area contributed by atoms with E-state index >= 15 is 0 Å². The number of hydrogen-bond donors (Lipinski definition) is 3. The van der Waals surface area contributed by atoms with Crippen molar-refractivity contribution >= 4 is 17.8 Å². The summed E-state index contributed by atoms with van der Waals surface area (Å²) in [6.45, 7) is 3.11. The van der Waals surface area contributed by atoms with E-state index in [0.717, 1.165) is 0 Å². The molecule has 0 aromatic carbocycles. The lowest BCUT2D eigenvalue weighted by atomic mass is 10.2. The fraction of sp³-hybridized carbons (Fsp3) is 0.400. The van der Waals surface area contributed by atoms with E-state index in [1.54, 1.807) is 13.8 Å². The average Bonchev–Trinajstić information content (AvgIpc) is 2.56. The summed E-state index contributed by atoms with van der Waals surface area (Å²) in [7, 11) is 0. The number of carboxylic acids is 1. The number of amides is 2. The third-order valence-electron chi connectivity index (χ3n) is 2.12. The topological polar surface area (TPSA) is 136 Å². The van der Waals surface area contributed by atoms with E-state index in [9.17, 15) is 14.4 Å². The first-order chi connectivity index (χ1) is 8.31. The van der Waals surface area contributed by atoms with Gasteiger partial charge < -0.3 is 20.6 Å². The van der Waals surface area contributed by atoms with Crippen LogP contribution in [0, 0.1) is 13.8 Å². The van der Waals surface area contributed by atoms with E-state index in [-0.39, 0.29) is 5.76 Å². The van der Waals surface area contributed by atoms with Gasteiger partial charge in [0.05, 0.1) is 12.1 Å². The van der Waals surface area contributed by atoms with Gasteiger partial charge in [-0.2, -0.15) is 0 Å². The van der Waals surface area contributed by atoms with Crippen molar-refractivity contribution < 1.29 is 23.9 Å². The minimum Gasteiger partial charge on any atom is -0.480 e. The van der Waals surface area contributed by atoms with Gasteiger partial charge in [-0.3, -0.25) is 9.59 Å². The van der Waals surface area contributed by atoms with Gasteiger partial charge >= 0.3 is 5.97 Å². The molecule has 8 nitrogen and oxygen atoms in total. The molecule has 1 aromatic rings. The summed E-state index contributed by atoms with van der Waals surface area (Å²) in [5.74, 6) is -2.71. The number of carbonyl (C=O) groups excluding carboxylic acids is 2. The van der Waals surface area contributed by atoms with Crippen LogP contribution in [-0.2, 0) is 9.59 Å². The van der Waals surface area contributed by atoms with Crippen LogP contribution in [0.3, 0.4) is 0 Å². The Hall–Kier alpha value is -2.38. The van der Waals surface area contributed by atoms with Crippen LogP contribution in [0.4, 0.5) is 0 Å². The Morgan fingerprint density at radius 3 is 2.44 bits per heavy atom. The molecule has 0 saturated carbocycles. The van der Waals surface area contributed by atoms with Crippen LogP contribution in [0.2, 0.25) is 0 Å². The van der Waals surface area contributed by atoms with E-state index in [1.165, 1.54) is 0 Å². The number of primary amides is 1. The number of hydrogen-bond acceptors (Lipinski definition) is 5. The van der Waals surface area contributed by atoms with Crippen molar-refractivity contribution in [3.05, 3.63) is 17.3 Å². The smallest absolute Gasteiger partial charge is 0.326 e. The van der Waals surface area contributed by atoms with Crippen molar-refractivity contribution in [1.29, 1.82) is 0 Å². The van der Waals surface area contributed by atoms with Crippen molar-refractivity contribution in [2.75, 3.05) is 0 Å². The van der Waals surface area contributed by atoms with E-state index in [2.05, 4.69) is 10.3 Å². The highest BCUT2D eigenvalue weighted by Crippen LogP contribution is 2.09. The Balaban J connectivity index is 2.81. The van der Waals surface area contributed by atoms with Crippen LogP contribution in [0.15, 0.2) is 4.42 Å². The molecule has 0 saturated heterocycles. The van der Waals surface area contributed by atoms with Crippen LogP contribution in [0.1, 0.15) is 28.6 Å². The molecule has 0 aliphatic carbocycles. The summed E-state index contributed by atoms with van der Waals surface area (Å²) in [5, 5.41) is 11.0. The summed E-state index contributed by atoms with van der Waals surface area (Å²) >= 11 is 0. The monoisotopic (exact) mass is 255 g/mol. The lowest BCUT2D eigenvalue weighted by molar-refractivity contribution is -0.140. The van der Waals surface area contributed by atoms with Crippen molar-refractivity contribution in [1.82, 2.24) is 10.3 Å².